The van der Waals surface area contributed by atoms with Crippen LogP contribution in [-0.4, -0.2) is 31.1 Å². The Labute approximate surface area is 163 Å². The van der Waals surface area contributed by atoms with Crippen LogP contribution in [-0.2, 0) is 22.6 Å². The molecule has 0 spiro atoms. The number of ether oxygens (including phenoxy) is 1. The van der Waals surface area contributed by atoms with Gasteiger partial charge >= 0.3 is 0 Å². The fourth-order valence-corrected chi connectivity index (χ4v) is 3.52. The minimum Gasteiger partial charge on any atom is -0.375 e. The Morgan fingerprint density at radius 2 is 1.96 bits per heavy atom. The molecule has 0 aliphatic carbocycles. The average Bonchev–Trinajstić information content (AvgIpc) is 2.64. The molecule has 28 heavy (non-hydrogen) atoms. The molecule has 0 fully saturated rings. The molecule has 5 nitrogen and oxygen atoms in total. The van der Waals surface area contributed by atoms with Crippen LogP contribution in [0.15, 0.2) is 42.5 Å². The maximum Gasteiger partial charge on any atom is 0.217 e. The third-order valence-corrected chi connectivity index (χ3v) is 4.86. The number of hydrogen-bond acceptors (Lipinski definition) is 4. The third-order valence-electron chi connectivity index (χ3n) is 4.86. The van der Waals surface area contributed by atoms with Gasteiger partial charge in [-0.05, 0) is 35.2 Å². The molecule has 1 amide bonds. The maximum absolute atomic E-state index is 13.5. The number of rotatable bonds is 7. The Hall–Kier alpha value is -2.35. The van der Waals surface area contributed by atoms with Crippen molar-refractivity contribution in [1.29, 1.82) is 0 Å². The summed E-state index contributed by atoms with van der Waals surface area (Å²) in [5, 5.41) is 6.18. The molecule has 0 bridgehead atoms. The first-order valence-electron chi connectivity index (χ1n) is 9.29. The molecule has 0 radical (unpaired) electrons. The van der Waals surface area contributed by atoms with Gasteiger partial charge in [-0.1, -0.05) is 24.3 Å². The molecular weight excluding hydrogens is 364 g/mol. The molecule has 0 saturated heterocycles. The smallest absolute Gasteiger partial charge is 0.217 e. The summed E-state index contributed by atoms with van der Waals surface area (Å²) < 4.78 is 32.6. The van der Waals surface area contributed by atoms with Gasteiger partial charge in [-0.15, -0.1) is 0 Å². The van der Waals surface area contributed by atoms with E-state index >= 15 is 0 Å². The fourth-order valence-electron chi connectivity index (χ4n) is 3.52. The Morgan fingerprint density at radius 3 is 2.68 bits per heavy atom. The summed E-state index contributed by atoms with van der Waals surface area (Å²) in [5.41, 5.74) is 9.07. The molecule has 1 heterocycles. The number of halogens is 2. The number of nitrogens with two attached hydrogens (primary N) is 1. The van der Waals surface area contributed by atoms with E-state index in [1.54, 1.807) is 0 Å². The van der Waals surface area contributed by atoms with Crippen molar-refractivity contribution in [3.05, 3.63) is 70.8 Å². The van der Waals surface area contributed by atoms with Crippen LogP contribution >= 0.6 is 0 Å². The standard InChI is InChI=1S/C21H25F2N3O2/c1-13(27)26-20(8-14-6-16(22)9-17(23)7-14)19(24)10-25-21-12-28-11-15-4-2-3-5-18(15)21/h2-7,9,19-21,25H,8,10-12,24H2,1H3,(H,26,27)/t19-,20+,21?/m1/s1. The first kappa shape index (κ1) is 20.4. The molecule has 0 aromatic heterocycles. The van der Waals surface area contributed by atoms with Crippen LogP contribution in [0.4, 0.5) is 8.78 Å². The minimum atomic E-state index is -0.653. The quantitative estimate of drug-likeness (QED) is 0.679. The molecule has 3 rings (SSSR count). The molecule has 1 aliphatic rings. The topological polar surface area (TPSA) is 76.4 Å². The van der Waals surface area contributed by atoms with Crippen molar-refractivity contribution < 1.29 is 18.3 Å². The second kappa shape index (κ2) is 9.23. The van der Waals surface area contributed by atoms with Crippen molar-refractivity contribution >= 4 is 5.91 Å². The van der Waals surface area contributed by atoms with E-state index in [0.29, 0.717) is 25.3 Å². The SMILES string of the molecule is CC(=O)N[C@@H](Cc1cc(F)cc(F)c1)[C@H](N)CNC1COCc2ccccc21. The van der Waals surface area contributed by atoms with Gasteiger partial charge in [0.05, 0.1) is 19.3 Å². The average molecular weight is 389 g/mol. The summed E-state index contributed by atoms with van der Waals surface area (Å²) in [6, 6.07) is 10.4. The Balaban J connectivity index is 1.66. The lowest BCUT2D eigenvalue weighted by Gasteiger charge is -2.30. The number of fused-ring (bicyclic) bond motifs is 1. The zero-order valence-electron chi connectivity index (χ0n) is 15.8. The Morgan fingerprint density at radius 1 is 1.25 bits per heavy atom. The van der Waals surface area contributed by atoms with Crippen LogP contribution in [0.5, 0.6) is 0 Å². The molecule has 2 aromatic rings. The van der Waals surface area contributed by atoms with E-state index in [1.807, 2.05) is 18.2 Å². The van der Waals surface area contributed by atoms with Gasteiger partial charge in [0.25, 0.3) is 0 Å². The highest BCUT2D eigenvalue weighted by atomic mass is 19.1. The van der Waals surface area contributed by atoms with E-state index in [9.17, 15) is 13.6 Å². The molecule has 7 heteroatoms. The number of amides is 1. The minimum absolute atomic E-state index is 0.000548. The number of carbonyl (C=O) groups is 1. The fraction of sp³-hybridized carbons (Fsp3) is 0.381. The molecule has 1 aliphatic heterocycles. The van der Waals surface area contributed by atoms with Crippen molar-refractivity contribution in [3.8, 4) is 0 Å². The predicted octanol–water partition coefficient (Wildman–Crippen LogP) is 2.20. The summed E-state index contributed by atoms with van der Waals surface area (Å²) in [4.78, 5) is 11.6. The Kier molecular flexibility index (Phi) is 6.72. The van der Waals surface area contributed by atoms with Crippen molar-refractivity contribution in [2.45, 2.75) is 38.1 Å². The summed E-state index contributed by atoms with van der Waals surface area (Å²) in [5.74, 6) is -1.55. The van der Waals surface area contributed by atoms with Crippen LogP contribution in [0.25, 0.3) is 0 Å². The highest BCUT2D eigenvalue weighted by molar-refractivity contribution is 5.73. The van der Waals surface area contributed by atoms with Crippen molar-refractivity contribution in [3.63, 3.8) is 0 Å². The molecule has 4 N–H and O–H groups in total. The van der Waals surface area contributed by atoms with E-state index < -0.39 is 23.7 Å². The largest absolute Gasteiger partial charge is 0.375 e. The van der Waals surface area contributed by atoms with Crippen LogP contribution in [0, 0.1) is 11.6 Å². The van der Waals surface area contributed by atoms with Gasteiger partial charge in [0.2, 0.25) is 5.91 Å². The first-order chi connectivity index (χ1) is 13.4. The zero-order valence-corrected chi connectivity index (χ0v) is 15.8. The number of carbonyl (C=O) groups excluding carboxylic acids is 1. The van der Waals surface area contributed by atoms with Crippen molar-refractivity contribution in [2.75, 3.05) is 13.2 Å². The van der Waals surface area contributed by atoms with Crippen LogP contribution in [0.1, 0.15) is 29.7 Å². The molecule has 3 atom stereocenters. The molecule has 1 unspecified atom stereocenters. The van der Waals surface area contributed by atoms with Gasteiger partial charge in [0, 0.05) is 31.6 Å². The lowest BCUT2D eigenvalue weighted by molar-refractivity contribution is -0.119. The first-order valence-corrected chi connectivity index (χ1v) is 9.29. The second-order valence-electron chi connectivity index (χ2n) is 7.13. The van der Waals surface area contributed by atoms with Gasteiger partial charge in [-0.2, -0.15) is 0 Å². The van der Waals surface area contributed by atoms with Gasteiger partial charge in [0.1, 0.15) is 11.6 Å². The van der Waals surface area contributed by atoms with Gasteiger partial charge in [-0.25, -0.2) is 8.78 Å². The number of nitrogens with one attached hydrogen (secondary N) is 2. The van der Waals surface area contributed by atoms with E-state index in [-0.39, 0.29) is 18.4 Å². The van der Waals surface area contributed by atoms with E-state index in [1.165, 1.54) is 24.6 Å². The summed E-state index contributed by atoms with van der Waals surface area (Å²) in [7, 11) is 0. The monoisotopic (exact) mass is 389 g/mol. The summed E-state index contributed by atoms with van der Waals surface area (Å²) in [6.07, 6.45) is 0.231. The van der Waals surface area contributed by atoms with Gasteiger partial charge < -0.3 is 21.1 Å². The molecule has 0 saturated carbocycles. The van der Waals surface area contributed by atoms with Gasteiger partial charge in [0.15, 0.2) is 0 Å². The number of benzene rings is 2. The third kappa shape index (κ3) is 5.34. The normalized spacial score (nSPS) is 18.2. The lowest BCUT2D eigenvalue weighted by atomic mass is 9.97. The summed E-state index contributed by atoms with van der Waals surface area (Å²) in [6.45, 7) is 2.92. The second-order valence-corrected chi connectivity index (χ2v) is 7.13. The summed E-state index contributed by atoms with van der Waals surface area (Å²) >= 11 is 0. The van der Waals surface area contributed by atoms with Crippen LogP contribution < -0.4 is 16.4 Å². The van der Waals surface area contributed by atoms with E-state index in [0.717, 1.165) is 11.6 Å². The highest BCUT2D eigenvalue weighted by Crippen LogP contribution is 2.24. The Bertz CT molecular complexity index is 811. The van der Waals surface area contributed by atoms with E-state index in [2.05, 4.69) is 16.7 Å². The van der Waals surface area contributed by atoms with E-state index in [4.69, 9.17) is 10.5 Å². The van der Waals surface area contributed by atoms with Crippen LogP contribution in [0.2, 0.25) is 0 Å². The van der Waals surface area contributed by atoms with Crippen molar-refractivity contribution in [1.82, 2.24) is 10.6 Å². The maximum atomic E-state index is 13.5. The number of hydrogen-bond donors (Lipinski definition) is 3. The predicted molar refractivity (Wildman–Crippen MR) is 102 cm³/mol. The lowest BCUT2D eigenvalue weighted by Crippen LogP contribution is -2.53. The highest BCUT2D eigenvalue weighted by Gasteiger charge is 2.24. The zero-order chi connectivity index (χ0) is 20.1. The van der Waals surface area contributed by atoms with Crippen molar-refractivity contribution in [2.24, 2.45) is 5.73 Å². The molecule has 150 valence electrons. The molecular formula is C21H25F2N3O2. The van der Waals surface area contributed by atoms with Crippen LogP contribution in [0.3, 0.4) is 0 Å². The van der Waals surface area contributed by atoms with Gasteiger partial charge in [-0.3, -0.25) is 4.79 Å². The molecule has 2 aromatic carbocycles.